The SMILES string of the molecule is C[C@@H]1CN(Cc2ccc3c4c(cccc24)C(=O)OC3)CCN1. The van der Waals surface area contributed by atoms with Crippen molar-refractivity contribution in [1.82, 2.24) is 10.2 Å². The number of benzene rings is 2. The molecule has 0 unspecified atom stereocenters. The van der Waals surface area contributed by atoms with Crippen LogP contribution >= 0.6 is 0 Å². The Labute approximate surface area is 130 Å². The Hall–Kier alpha value is -1.91. The minimum Gasteiger partial charge on any atom is -0.457 e. The quantitative estimate of drug-likeness (QED) is 0.864. The van der Waals surface area contributed by atoms with E-state index in [1.807, 2.05) is 12.1 Å². The highest BCUT2D eigenvalue weighted by Gasteiger charge is 2.22. The van der Waals surface area contributed by atoms with Crippen LogP contribution in [-0.2, 0) is 17.9 Å². The number of hydrogen-bond donors (Lipinski definition) is 1. The van der Waals surface area contributed by atoms with E-state index < -0.39 is 0 Å². The molecule has 0 spiro atoms. The van der Waals surface area contributed by atoms with Gasteiger partial charge in [-0.1, -0.05) is 24.3 Å². The number of ether oxygens (including phenoxy) is 1. The van der Waals surface area contributed by atoms with Crippen molar-refractivity contribution in [2.24, 2.45) is 0 Å². The second-order valence-electron chi connectivity index (χ2n) is 6.28. The molecule has 2 aliphatic heterocycles. The van der Waals surface area contributed by atoms with E-state index in [4.69, 9.17) is 4.74 Å². The highest BCUT2D eigenvalue weighted by Crippen LogP contribution is 2.31. The number of nitrogens with one attached hydrogen (secondary N) is 1. The van der Waals surface area contributed by atoms with E-state index in [1.165, 1.54) is 10.9 Å². The molecule has 4 heteroatoms. The number of esters is 1. The van der Waals surface area contributed by atoms with Gasteiger partial charge in [0.1, 0.15) is 6.61 Å². The minimum absolute atomic E-state index is 0.203. The van der Waals surface area contributed by atoms with Crippen molar-refractivity contribution in [2.75, 3.05) is 19.6 Å². The minimum atomic E-state index is -0.203. The summed E-state index contributed by atoms with van der Waals surface area (Å²) in [5, 5.41) is 5.75. The van der Waals surface area contributed by atoms with Gasteiger partial charge >= 0.3 is 5.97 Å². The standard InChI is InChI=1S/C18H20N2O2/c1-12-9-20(8-7-19-12)10-13-5-6-14-11-22-18(21)16-4-2-3-15(13)17(14)16/h2-6,12,19H,7-11H2,1H3/t12-/m1/s1. The lowest BCUT2D eigenvalue weighted by atomic mass is 9.94. The Morgan fingerprint density at radius 3 is 3.09 bits per heavy atom. The Balaban J connectivity index is 1.75. The third kappa shape index (κ3) is 2.28. The molecule has 4 rings (SSSR count). The smallest absolute Gasteiger partial charge is 0.339 e. The fourth-order valence-corrected chi connectivity index (χ4v) is 3.59. The van der Waals surface area contributed by atoms with Gasteiger partial charge in [0.25, 0.3) is 0 Å². The zero-order chi connectivity index (χ0) is 15.1. The van der Waals surface area contributed by atoms with Gasteiger partial charge in [0, 0.05) is 37.6 Å². The van der Waals surface area contributed by atoms with Crippen LogP contribution in [0.4, 0.5) is 0 Å². The lowest BCUT2D eigenvalue weighted by Gasteiger charge is -2.32. The number of carbonyl (C=O) groups excluding carboxylic acids is 1. The highest BCUT2D eigenvalue weighted by molar-refractivity contribution is 6.08. The zero-order valence-corrected chi connectivity index (χ0v) is 12.8. The first-order valence-electron chi connectivity index (χ1n) is 7.89. The second kappa shape index (κ2) is 5.38. The summed E-state index contributed by atoms with van der Waals surface area (Å²) in [6.45, 7) is 6.70. The van der Waals surface area contributed by atoms with Gasteiger partial charge in [-0.3, -0.25) is 4.90 Å². The van der Waals surface area contributed by atoms with E-state index in [0.29, 0.717) is 18.2 Å². The van der Waals surface area contributed by atoms with Crippen LogP contribution in [-0.4, -0.2) is 36.5 Å². The Morgan fingerprint density at radius 1 is 1.32 bits per heavy atom. The molecule has 1 fully saturated rings. The van der Waals surface area contributed by atoms with E-state index in [2.05, 4.69) is 35.3 Å². The summed E-state index contributed by atoms with van der Waals surface area (Å²) in [7, 11) is 0. The molecule has 4 nitrogen and oxygen atoms in total. The third-order valence-corrected chi connectivity index (χ3v) is 4.64. The van der Waals surface area contributed by atoms with Gasteiger partial charge in [-0.15, -0.1) is 0 Å². The molecule has 2 aromatic rings. The maximum atomic E-state index is 12.0. The van der Waals surface area contributed by atoms with Crippen LogP contribution < -0.4 is 5.32 Å². The van der Waals surface area contributed by atoms with Crippen LogP contribution in [0.15, 0.2) is 30.3 Å². The zero-order valence-electron chi connectivity index (χ0n) is 12.8. The first kappa shape index (κ1) is 13.7. The largest absolute Gasteiger partial charge is 0.457 e. The first-order chi connectivity index (χ1) is 10.7. The molecule has 0 bridgehead atoms. The fraction of sp³-hybridized carbons (Fsp3) is 0.389. The van der Waals surface area contributed by atoms with Crippen LogP contribution in [0.5, 0.6) is 0 Å². The molecule has 1 atom stereocenters. The second-order valence-corrected chi connectivity index (χ2v) is 6.28. The number of nitrogens with zero attached hydrogens (tertiary/aromatic N) is 1. The molecule has 2 aromatic carbocycles. The molecular formula is C18H20N2O2. The average Bonchev–Trinajstić information content (AvgIpc) is 2.53. The van der Waals surface area contributed by atoms with Gasteiger partial charge in [-0.05, 0) is 29.5 Å². The van der Waals surface area contributed by atoms with E-state index >= 15 is 0 Å². The normalized spacial score (nSPS) is 21.9. The van der Waals surface area contributed by atoms with Crippen LogP contribution in [0.25, 0.3) is 10.8 Å². The number of piperazine rings is 1. The van der Waals surface area contributed by atoms with Crippen molar-refractivity contribution in [1.29, 1.82) is 0 Å². The van der Waals surface area contributed by atoms with Crippen molar-refractivity contribution < 1.29 is 9.53 Å². The van der Waals surface area contributed by atoms with Gasteiger partial charge in [0.15, 0.2) is 0 Å². The van der Waals surface area contributed by atoms with Crippen molar-refractivity contribution in [3.63, 3.8) is 0 Å². The molecule has 2 aliphatic rings. The summed E-state index contributed by atoms with van der Waals surface area (Å²) in [6, 6.07) is 10.8. The van der Waals surface area contributed by atoms with Crippen molar-refractivity contribution in [2.45, 2.75) is 26.1 Å². The molecule has 1 N–H and O–H groups in total. The van der Waals surface area contributed by atoms with E-state index in [-0.39, 0.29) is 5.97 Å². The van der Waals surface area contributed by atoms with Crippen LogP contribution in [0, 0.1) is 0 Å². The average molecular weight is 296 g/mol. The van der Waals surface area contributed by atoms with E-state index in [1.54, 1.807) is 0 Å². The molecule has 0 radical (unpaired) electrons. The van der Waals surface area contributed by atoms with E-state index in [0.717, 1.165) is 37.1 Å². The van der Waals surface area contributed by atoms with Gasteiger partial charge in [0.2, 0.25) is 0 Å². The number of cyclic esters (lactones) is 1. The van der Waals surface area contributed by atoms with Crippen molar-refractivity contribution in [3.8, 4) is 0 Å². The highest BCUT2D eigenvalue weighted by atomic mass is 16.5. The van der Waals surface area contributed by atoms with Gasteiger partial charge in [-0.2, -0.15) is 0 Å². The van der Waals surface area contributed by atoms with Crippen LogP contribution in [0.2, 0.25) is 0 Å². The maximum absolute atomic E-state index is 12.0. The van der Waals surface area contributed by atoms with Crippen molar-refractivity contribution in [3.05, 3.63) is 47.0 Å². The molecule has 0 aliphatic carbocycles. The summed E-state index contributed by atoms with van der Waals surface area (Å²) in [4.78, 5) is 14.5. The Bertz CT molecular complexity index is 741. The lowest BCUT2D eigenvalue weighted by molar-refractivity contribution is 0.0463. The molecule has 0 aromatic heterocycles. The first-order valence-corrected chi connectivity index (χ1v) is 7.89. The summed E-state index contributed by atoms with van der Waals surface area (Å²) in [5.74, 6) is -0.203. The maximum Gasteiger partial charge on any atom is 0.339 e. The number of hydrogen-bond acceptors (Lipinski definition) is 4. The van der Waals surface area contributed by atoms with Crippen LogP contribution in [0.3, 0.4) is 0 Å². The van der Waals surface area contributed by atoms with Crippen molar-refractivity contribution >= 4 is 16.7 Å². The van der Waals surface area contributed by atoms with Gasteiger partial charge in [0.05, 0.1) is 5.56 Å². The fourth-order valence-electron chi connectivity index (χ4n) is 3.59. The summed E-state index contributed by atoms with van der Waals surface area (Å²) >= 11 is 0. The summed E-state index contributed by atoms with van der Waals surface area (Å²) in [6.07, 6.45) is 0. The molecule has 2 heterocycles. The number of carbonyl (C=O) groups is 1. The molecule has 0 saturated carbocycles. The molecule has 22 heavy (non-hydrogen) atoms. The Morgan fingerprint density at radius 2 is 2.23 bits per heavy atom. The number of rotatable bonds is 2. The van der Waals surface area contributed by atoms with E-state index in [9.17, 15) is 4.79 Å². The molecule has 0 amide bonds. The monoisotopic (exact) mass is 296 g/mol. The van der Waals surface area contributed by atoms with Gasteiger partial charge < -0.3 is 10.1 Å². The molecule has 1 saturated heterocycles. The topological polar surface area (TPSA) is 41.6 Å². The summed E-state index contributed by atoms with van der Waals surface area (Å²) < 4.78 is 5.24. The van der Waals surface area contributed by atoms with Crippen LogP contribution in [0.1, 0.15) is 28.4 Å². The third-order valence-electron chi connectivity index (χ3n) is 4.64. The Kier molecular flexibility index (Phi) is 3.36. The molecule has 114 valence electrons. The van der Waals surface area contributed by atoms with Gasteiger partial charge in [-0.25, -0.2) is 4.79 Å². The summed E-state index contributed by atoms with van der Waals surface area (Å²) in [5.41, 5.74) is 3.11. The predicted molar refractivity (Wildman–Crippen MR) is 85.8 cm³/mol. The predicted octanol–water partition coefficient (Wildman–Crippen LogP) is 2.30. The molecular weight excluding hydrogens is 276 g/mol. The lowest BCUT2D eigenvalue weighted by Crippen LogP contribution is -2.48.